The van der Waals surface area contributed by atoms with Crippen molar-refractivity contribution in [1.29, 1.82) is 0 Å². The molecule has 1 aromatic heterocycles. The van der Waals surface area contributed by atoms with Crippen molar-refractivity contribution in [3.05, 3.63) is 39.7 Å². The number of allylic oxidation sites excluding steroid dienone is 1. The highest BCUT2D eigenvalue weighted by molar-refractivity contribution is 5.30. The van der Waals surface area contributed by atoms with Gasteiger partial charge in [0.15, 0.2) is 0 Å². The molecular weight excluding hydrogens is 182 g/mol. The smallest absolute Gasteiger partial charge is 0.330 e. The minimum atomic E-state index is -0.435. The summed E-state index contributed by atoms with van der Waals surface area (Å²) in [4.78, 5) is 22.9. The Balaban J connectivity index is 3.32. The second kappa shape index (κ2) is 3.95. The molecule has 2 N–H and O–H groups in total. The van der Waals surface area contributed by atoms with E-state index in [1.165, 1.54) is 10.8 Å². The third-order valence-electron chi connectivity index (χ3n) is 1.91. The Morgan fingerprint density at radius 1 is 1.57 bits per heavy atom. The molecular formula is C9H13N3O2. The molecule has 1 rings (SSSR count). The van der Waals surface area contributed by atoms with Crippen LogP contribution in [0.1, 0.15) is 6.42 Å². The fraction of sp³-hybridized carbons (Fsp3) is 0.333. The van der Waals surface area contributed by atoms with Gasteiger partial charge in [0, 0.05) is 19.8 Å². The number of hydrogen-bond donors (Lipinski definition) is 1. The molecule has 0 amide bonds. The number of hydrogen-bond acceptors (Lipinski definition) is 3. The van der Waals surface area contributed by atoms with Gasteiger partial charge in [-0.15, -0.1) is 6.58 Å². The van der Waals surface area contributed by atoms with Crippen molar-refractivity contribution < 1.29 is 0 Å². The Labute approximate surface area is 81.1 Å². The lowest BCUT2D eigenvalue weighted by molar-refractivity contribution is 0.599. The summed E-state index contributed by atoms with van der Waals surface area (Å²) in [7, 11) is 1.56. The number of nitrogens with two attached hydrogens (primary N) is 1. The van der Waals surface area contributed by atoms with Gasteiger partial charge in [-0.05, 0) is 6.42 Å². The van der Waals surface area contributed by atoms with Crippen molar-refractivity contribution in [3.63, 3.8) is 0 Å². The highest BCUT2D eigenvalue weighted by Crippen LogP contribution is 1.89. The summed E-state index contributed by atoms with van der Waals surface area (Å²) in [6.07, 6.45) is 3.54. The van der Waals surface area contributed by atoms with Crippen LogP contribution in [0.15, 0.2) is 28.4 Å². The zero-order chi connectivity index (χ0) is 10.7. The second-order valence-electron chi connectivity index (χ2n) is 3.01. The maximum atomic E-state index is 11.5. The molecule has 5 heteroatoms. The van der Waals surface area contributed by atoms with Crippen LogP contribution < -0.4 is 17.0 Å². The molecule has 1 heterocycles. The van der Waals surface area contributed by atoms with Crippen LogP contribution in [-0.4, -0.2) is 9.13 Å². The molecule has 0 saturated heterocycles. The van der Waals surface area contributed by atoms with E-state index in [2.05, 4.69) is 6.58 Å². The maximum Gasteiger partial charge on any atom is 0.330 e. The quantitative estimate of drug-likeness (QED) is 0.673. The van der Waals surface area contributed by atoms with E-state index < -0.39 is 5.56 Å². The van der Waals surface area contributed by atoms with E-state index in [0.29, 0.717) is 13.0 Å². The Bertz CT molecular complexity index is 422. The number of aryl methyl sites for hydroxylation is 1. The second-order valence-corrected chi connectivity index (χ2v) is 3.01. The molecule has 1 aromatic rings. The normalized spacial score (nSPS) is 10.1. The predicted octanol–water partition coefficient (Wildman–Crippen LogP) is -0.295. The van der Waals surface area contributed by atoms with Crippen LogP contribution in [0.4, 0.5) is 5.69 Å². The van der Waals surface area contributed by atoms with E-state index in [1.54, 1.807) is 13.1 Å². The number of rotatable bonds is 3. The number of aromatic nitrogens is 2. The van der Waals surface area contributed by atoms with Gasteiger partial charge in [-0.1, -0.05) is 6.08 Å². The van der Waals surface area contributed by atoms with Crippen LogP contribution in [0.3, 0.4) is 0 Å². The summed E-state index contributed by atoms with van der Waals surface area (Å²) >= 11 is 0. The average molecular weight is 195 g/mol. The summed E-state index contributed by atoms with van der Waals surface area (Å²) < 4.78 is 2.40. The Kier molecular flexibility index (Phi) is 2.91. The van der Waals surface area contributed by atoms with Crippen LogP contribution in [0.2, 0.25) is 0 Å². The predicted molar refractivity (Wildman–Crippen MR) is 55.2 cm³/mol. The zero-order valence-corrected chi connectivity index (χ0v) is 8.06. The summed E-state index contributed by atoms with van der Waals surface area (Å²) in [6.45, 7) is 3.84. The van der Waals surface area contributed by atoms with Gasteiger partial charge in [0.1, 0.15) is 5.69 Å². The third-order valence-corrected chi connectivity index (χ3v) is 1.91. The minimum Gasteiger partial charge on any atom is -0.393 e. The van der Waals surface area contributed by atoms with Gasteiger partial charge >= 0.3 is 5.69 Å². The SMILES string of the molecule is C=CCCn1c(=O)c(N)cn(C)c1=O. The van der Waals surface area contributed by atoms with Gasteiger partial charge in [-0.25, -0.2) is 4.79 Å². The van der Waals surface area contributed by atoms with Crippen molar-refractivity contribution in [1.82, 2.24) is 9.13 Å². The van der Waals surface area contributed by atoms with Gasteiger partial charge in [-0.3, -0.25) is 9.36 Å². The molecule has 0 aromatic carbocycles. The fourth-order valence-electron chi connectivity index (χ4n) is 1.17. The monoisotopic (exact) mass is 195 g/mol. The molecule has 5 nitrogen and oxygen atoms in total. The van der Waals surface area contributed by atoms with Crippen molar-refractivity contribution in [2.75, 3.05) is 5.73 Å². The highest BCUT2D eigenvalue weighted by Gasteiger charge is 2.05. The fourth-order valence-corrected chi connectivity index (χ4v) is 1.17. The standard InChI is InChI=1S/C9H13N3O2/c1-3-4-5-12-8(13)7(10)6-11(2)9(12)14/h3,6H,1,4-5,10H2,2H3. The number of nitrogen functional groups attached to an aromatic ring is 1. The lowest BCUT2D eigenvalue weighted by atomic mass is 10.4. The molecule has 0 radical (unpaired) electrons. The van der Waals surface area contributed by atoms with E-state index in [0.717, 1.165) is 4.57 Å². The molecule has 0 fully saturated rings. The van der Waals surface area contributed by atoms with Crippen LogP contribution in [0.5, 0.6) is 0 Å². The van der Waals surface area contributed by atoms with Gasteiger partial charge in [-0.2, -0.15) is 0 Å². The zero-order valence-electron chi connectivity index (χ0n) is 8.06. The molecule has 0 atom stereocenters. The minimum absolute atomic E-state index is 0.0798. The molecule has 0 bridgehead atoms. The molecule has 0 spiro atoms. The van der Waals surface area contributed by atoms with Gasteiger partial charge in [0.2, 0.25) is 0 Å². The van der Waals surface area contributed by atoms with Crippen LogP contribution in [0.25, 0.3) is 0 Å². The van der Waals surface area contributed by atoms with E-state index in [-0.39, 0.29) is 11.4 Å². The van der Waals surface area contributed by atoms with Crippen molar-refractivity contribution in [2.24, 2.45) is 7.05 Å². The molecule has 0 saturated carbocycles. The largest absolute Gasteiger partial charge is 0.393 e. The van der Waals surface area contributed by atoms with Gasteiger partial charge < -0.3 is 10.3 Å². The van der Waals surface area contributed by atoms with Gasteiger partial charge in [0.25, 0.3) is 5.56 Å². The van der Waals surface area contributed by atoms with E-state index in [9.17, 15) is 9.59 Å². The molecule has 76 valence electrons. The average Bonchev–Trinajstić information content (AvgIpc) is 2.15. The van der Waals surface area contributed by atoms with E-state index in [4.69, 9.17) is 5.73 Å². The lowest BCUT2D eigenvalue weighted by Gasteiger charge is -2.06. The summed E-state index contributed by atoms with van der Waals surface area (Å²) in [5, 5.41) is 0. The first kappa shape index (κ1) is 10.3. The van der Waals surface area contributed by atoms with Crippen molar-refractivity contribution >= 4 is 5.69 Å². The van der Waals surface area contributed by atoms with Gasteiger partial charge in [0.05, 0.1) is 0 Å². The summed E-state index contributed by atoms with van der Waals surface area (Å²) in [6, 6.07) is 0. The Hall–Kier alpha value is -1.78. The van der Waals surface area contributed by atoms with Crippen LogP contribution >= 0.6 is 0 Å². The Morgan fingerprint density at radius 3 is 2.79 bits per heavy atom. The third kappa shape index (κ3) is 1.76. The molecule has 0 unspecified atom stereocenters. The number of nitrogens with zero attached hydrogens (tertiary/aromatic N) is 2. The van der Waals surface area contributed by atoms with Crippen molar-refractivity contribution in [3.8, 4) is 0 Å². The molecule has 0 aliphatic heterocycles. The molecule has 0 aliphatic carbocycles. The first-order chi connectivity index (χ1) is 6.57. The lowest BCUT2D eigenvalue weighted by Crippen LogP contribution is -2.39. The maximum absolute atomic E-state index is 11.5. The highest BCUT2D eigenvalue weighted by atomic mass is 16.2. The van der Waals surface area contributed by atoms with E-state index >= 15 is 0 Å². The first-order valence-electron chi connectivity index (χ1n) is 4.24. The summed E-state index contributed by atoms with van der Waals surface area (Å²) in [5.41, 5.74) is 4.73. The summed E-state index contributed by atoms with van der Waals surface area (Å²) in [5.74, 6) is 0. The first-order valence-corrected chi connectivity index (χ1v) is 4.24. The number of anilines is 1. The molecule has 14 heavy (non-hydrogen) atoms. The van der Waals surface area contributed by atoms with Crippen LogP contribution in [0, 0.1) is 0 Å². The van der Waals surface area contributed by atoms with E-state index in [1.807, 2.05) is 0 Å². The van der Waals surface area contributed by atoms with Crippen molar-refractivity contribution in [2.45, 2.75) is 13.0 Å². The Morgan fingerprint density at radius 2 is 2.21 bits per heavy atom. The molecule has 0 aliphatic rings. The van der Waals surface area contributed by atoms with Crippen LogP contribution in [-0.2, 0) is 13.6 Å². The topological polar surface area (TPSA) is 70.0 Å².